The molecule has 2 atom stereocenters. The lowest BCUT2D eigenvalue weighted by atomic mass is 9.85. The monoisotopic (exact) mass is 553 g/mol. The van der Waals surface area contributed by atoms with E-state index in [-0.39, 0.29) is 59.6 Å². The van der Waals surface area contributed by atoms with Crippen LogP contribution in [0.1, 0.15) is 25.1 Å². The lowest BCUT2D eigenvalue weighted by molar-refractivity contribution is -0.131. The van der Waals surface area contributed by atoms with Crippen molar-refractivity contribution in [2.75, 3.05) is 24.1 Å². The van der Waals surface area contributed by atoms with Crippen molar-refractivity contribution in [2.45, 2.75) is 63.3 Å². The minimum Gasteiger partial charge on any atom is -0.382 e. The van der Waals surface area contributed by atoms with E-state index in [2.05, 4.69) is 25.4 Å². The van der Waals surface area contributed by atoms with Crippen LogP contribution in [0.25, 0.3) is 27.9 Å². The molecule has 0 amide bonds. The maximum atomic E-state index is 15.2. The number of nitrogen functional groups attached to an aromatic ring is 1. The average Bonchev–Trinajstić information content (AvgIpc) is 3.34. The fourth-order valence-electron chi connectivity index (χ4n) is 5.47. The van der Waals surface area contributed by atoms with Crippen LogP contribution in [0.3, 0.4) is 0 Å². The van der Waals surface area contributed by atoms with Crippen molar-refractivity contribution in [3.8, 4) is 11.3 Å². The number of halogens is 6. The summed E-state index contributed by atoms with van der Waals surface area (Å²) in [4.78, 5) is 14.6. The fourth-order valence-corrected chi connectivity index (χ4v) is 5.47. The number of hydrogen-bond donors (Lipinski definition) is 2. The molecule has 0 aromatic carbocycles. The molecule has 39 heavy (non-hydrogen) atoms. The maximum Gasteiger partial charge on any atom is 0.256 e. The summed E-state index contributed by atoms with van der Waals surface area (Å²) in [6.07, 6.45) is -3.09. The third-order valence-corrected chi connectivity index (χ3v) is 7.44. The topological polar surface area (TPSA) is 102 Å². The number of imidazole rings is 1. The van der Waals surface area contributed by atoms with Crippen LogP contribution < -0.4 is 11.1 Å². The molecule has 1 aliphatic heterocycles. The van der Waals surface area contributed by atoms with Crippen molar-refractivity contribution in [2.24, 2.45) is 0 Å². The van der Waals surface area contributed by atoms with Gasteiger partial charge in [-0.3, -0.25) is 4.90 Å². The van der Waals surface area contributed by atoms with Crippen LogP contribution in [0, 0.1) is 12.7 Å². The predicted octanol–water partition coefficient (Wildman–Crippen LogP) is 4.06. The lowest BCUT2D eigenvalue weighted by Crippen LogP contribution is -2.57. The van der Waals surface area contributed by atoms with E-state index < -0.39 is 36.9 Å². The number of hydrogen-bond acceptors (Lipinski definition) is 7. The summed E-state index contributed by atoms with van der Waals surface area (Å²) in [5.74, 6) is -3.17. The van der Waals surface area contributed by atoms with Crippen molar-refractivity contribution in [3.05, 3.63) is 30.0 Å². The molecule has 4 aromatic heterocycles. The van der Waals surface area contributed by atoms with Crippen LogP contribution in [0.5, 0.6) is 0 Å². The standard InChI is InChI=1S/C24H25F6N9/c1-11-32-17-3-2-16(33-22(17)38(11)10-18(27)28)19-14(26)9-39-20(19)21(31)35-23(36-39)34-15-4-5-37(8-13(15)25)12-6-24(29,30)7-12/h2-3,9,12-13,15,18H,4-8,10H2,1H3,(H3,31,34,35,36)/t13-,15+/m1/s1. The van der Waals surface area contributed by atoms with Crippen LogP contribution in [0.4, 0.5) is 38.1 Å². The van der Waals surface area contributed by atoms with E-state index in [1.165, 1.54) is 15.1 Å². The van der Waals surface area contributed by atoms with E-state index >= 15 is 4.39 Å². The highest BCUT2D eigenvalue weighted by Gasteiger charge is 2.49. The Kier molecular flexibility index (Phi) is 6.08. The largest absolute Gasteiger partial charge is 0.382 e. The Morgan fingerprint density at radius 1 is 1.18 bits per heavy atom. The summed E-state index contributed by atoms with van der Waals surface area (Å²) in [6, 6.07) is 2.06. The SMILES string of the molecule is Cc1nc2ccc(-c3c(F)cn4nc(N[C@H]5CCN(C6CC(F)(F)C6)C[C@H]5F)nc(N)c34)nc2n1CC(F)F. The summed E-state index contributed by atoms with van der Waals surface area (Å²) in [7, 11) is 0. The Morgan fingerprint density at radius 2 is 1.95 bits per heavy atom. The molecule has 208 valence electrons. The van der Waals surface area contributed by atoms with Crippen LogP contribution in [0.15, 0.2) is 18.3 Å². The molecule has 5 heterocycles. The Balaban J connectivity index is 1.26. The molecule has 0 unspecified atom stereocenters. The second kappa shape index (κ2) is 9.24. The van der Waals surface area contributed by atoms with Gasteiger partial charge in [0.25, 0.3) is 12.3 Å². The quantitative estimate of drug-likeness (QED) is 0.348. The van der Waals surface area contributed by atoms with Gasteiger partial charge in [0.05, 0.1) is 30.0 Å². The van der Waals surface area contributed by atoms with E-state index in [1.54, 1.807) is 17.9 Å². The minimum atomic E-state index is -2.68. The number of rotatable bonds is 6. The van der Waals surface area contributed by atoms with E-state index in [0.29, 0.717) is 24.3 Å². The molecule has 0 spiro atoms. The van der Waals surface area contributed by atoms with Gasteiger partial charge in [-0.15, -0.1) is 5.10 Å². The number of pyridine rings is 1. The van der Waals surface area contributed by atoms with Gasteiger partial charge in [0, 0.05) is 32.0 Å². The molecule has 1 saturated carbocycles. The number of nitrogens with zero attached hydrogens (tertiary/aromatic N) is 7. The van der Waals surface area contributed by atoms with Crippen LogP contribution >= 0.6 is 0 Å². The molecule has 15 heteroatoms. The molecule has 2 aliphatic rings. The first-order valence-corrected chi connectivity index (χ1v) is 12.5. The maximum absolute atomic E-state index is 15.2. The van der Waals surface area contributed by atoms with Gasteiger partial charge in [-0.1, -0.05) is 0 Å². The first-order chi connectivity index (χ1) is 18.5. The molecule has 0 bridgehead atoms. The van der Waals surface area contributed by atoms with Crippen LogP contribution in [-0.2, 0) is 6.54 Å². The third kappa shape index (κ3) is 4.61. The van der Waals surface area contributed by atoms with Crippen molar-refractivity contribution in [1.29, 1.82) is 0 Å². The molecule has 1 aliphatic carbocycles. The number of aromatic nitrogens is 6. The molecule has 0 radical (unpaired) electrons. The average molecular weight is 554 g/mol. The second-order valence-electron chi connectivity index (χ2n) is 10.1. The first kappa shape index (κ1) is 25.6. The van der Waals surface area contributed by atoms with E-state index in [9.17, 15) is 22.0 Å². The molecule has 1 saturated heterocycles. The van der Waals surface area contributed by atoms with Crippen molar-refractivity contribution >= 4 is 28.4 Å². The second-order valence-corrected chi connectivity index (χ2v) is 10.1. The fraction of sp³-hybridized carbons (Fsp3) is 0.500. The Hall–Kier alpha value is -3.62. The highest BCUT2D eigenvalue weighted by Crippen LogP contribution is 2.41. The zero-order valence-corrected chi connectivity index (χ0v) is 20.8. The van der Waals surface area contributed by atoms with Gasteiger partial charge in [-0.25, -0.2) is 40.8 Å². The number of likely N-dealkylation sites (tertiary alicyclic amines) is 1. The molecule has 3 N–H and O–H groups in total. The number of fused-ring (bicyclic) bond motifs is 2. The normalized spacial score (nSPS) is 22.2. The highest BCUT2D eigenvalue weighted by atomic mass is 19.3. The van der Waals surface area contributed by atoms with Crippen molar-refractivity contribution in [3.63, 3.8) is 0 Å². The zero-order chi connectivity index (χ0) is 27.6. The summed E-state index contributed by atoms with van der Waals surface area (Å²) < 4.78 is 85.2. The van der Waals surface area contributed by atoms with Gasteiger partial charge in [-0.05, 0) is 25.5 Å². The minimum absolute atomic E-state index is 0.00813. The molecule has 6 rings (SSSR count). The smallest absolute Gasteiger partial charge is 0.256 e. The van der Waals surface area contributed by atoms with Crippen molar-refractivity contribution in [1.82, 2.24) is 34.0 Å². The summed E-state index contributed by atoms with van der Waals surface area (Å²) in [6.45, 7) is 1.42. The lowest BCUT2D eigenvalue weighted by Gasteiger charge is -2.46. The number of piperidine rings is 1. The molecule has 9 nitrogen and oxygen atoms in total. The van der Waals surface area contributed by atoms with Crippen LogP contribution in [-0.4, -0.2) is 77.7 Å². The summed E-state index contributed by atoms with van der Waals surface area (Å²) in [5, 5.41) is 7.15. The molecule has 2 fully saturated rings. The van der Waals surface area contributed by atoms with Crippen LogP contribution in [0.2, 0.25) is 0 Å². The predicted molar refractivity (Wildman–Crippen MR) is 131 cm³/mol. The molecular formula is C24H25F6N9. The number of nitrogens with two attached hydrogens (primary N) is 1. The Bertz CT molecular complexity index is 1540. The summed E-state index contributed by atoms with van der Waals surface area (Å²) in [5.41, 5.74) is 6.96. The van der Waals surface area contributed by atoms with Gasteiger partial charge in [0.2, 0.25) is 5.95 Å². The highest BCUT2D eigenvalue weighted by molar-refractivity contribution is 5.89. The Labute approximate surface area is 218 Å². The third-order valence-electron chi connectivity index (χ3n) is 7.44. The van der Waals surface area contributed by atoms with Gasteiger partial charge < -0.3 is 15.6 Å². The number of alkyl halides is 5. The van der Waals surface area contributed by atoms with Gasteiger partial charge in [-0.2, -0.15) is 4.98 Å². The van der Waals surface area contributed by atoms with Gasteiger partial charge >= 0.3 is 0 Å². The molecular weight excluding hydrogens is 528 g/mol. The van der Waals surface area contributed by atoms with Gasteiger partial charge in [0.15, 0.2) is 17.3 Å². The number of nitrogens with one attached hydrogen (secondary N) is 1. The zero-order valence-electron chi connectivity index (χ0n) is 20.8. The number of anilines is 2. The van der Waals surface area contributed by atoms with Gasteiger partial charge in [0.1, 0.15) is 23.0 Å². The van der Waals surface area contributed by atoms with E-state index in [0.717, 1.165) is 6.20 Å². The van der Waals surface area contributed by atoms with E-state index in [1.807, 2.05) is 0 Å². The Morgan fingerprint density at radius 3 is 2.64 bits per heavy atom. The first-order valence-electron chi connectivity index (χ1n) is 12.5. The van der Waals surface area contributed by atoms with Crippen molar-refractivity contribution < 1.29 is 26.3 Å². The molecule has 4 aromatic rings. The number of aryl methyl sites for hydroxylation is 1. The van der Waals surface area contributed by atoms with E-state index in [4.69, 9.17) is 5.73 Å². The summed E-state index contributed by atoms with van der Waals surface area (Å²) >= 11 is 0.